The lowest BCUT2D eigenvalue weighted by Gasteiger charge is -2.16. The highest BCUT2D eigenvalue weighted by atomic mass is 19.1. The Labute approximate surface area is 153 Å². The third kappa shape index (κ3) is 3.49. The first-order valence-electron chi connectivity index (χ1n) is 9.24. The molecule has 5 heteroatoms. The third-order valence-electron chi connectivity index (χ3n) is 5.39. The topological polar surface area (TPSA) is 38.3 Å². The van der Waals surface area contributed by atoms with Gasteiger partial charge in [-0.25, -0.2) is 9.37 Å². The highest BCUT2D eigenvalue weighted by Crippen LogP contribution is 2.37. The van der Waals surface area contributed by atoms with Gasteiger partial charge in [0.25, 0.3) is 0 Å². The summed E-state index contributed by atoms with van der Waals surface area (Å²) >= 11 is 0. The van der Waals surface area contributed by atoms with E-state index in [1.807, 2.05) is 0 Å². The van der Waals surface area contributed by atoms with Crippen LogP contribution in [0.3, 0.4) is 0 Å². The number of allylic oxidation sites excluding steroid dienone is 1. The van der Waals surface area contributed by atoms with Crippen LogP contribution in [0.5, 0.6) is 5.88 Å². The van der Waals surface area contributed by atoms with Gasteiger partial charge in [0.1, 0.15) is 11.9 Å². The SMILES string of the molecule is COc1nccnc1CC1=C(CCN2CCC(F)C2)Cc2ccccc21. The number of likely N-dealkylation sites (tertiary alicyclic amines) is 1. The van der Waals surface area contributed by atoms with Crippen LogP contribution in [0, 0.1) is 0 Å². The molecule has 1 aromatic heterocycles. The summed E-state index contributed by atoms with van der Waals surface area (Å²) in [5.41, 5.74) is 6.30. The zero-order valence-electron chi connectivity index (χ0n) is 15.1. The Morgan fingerprint density at radius 3 is 2.88 bits per heavy atom. The first kappa shape index (κ1) is 17.2. The van der Waals surface area contributed by atoms with Crippen LogP contribution in [0.15, 0.2) is 42.2 Å². The maximum Gasteiger partial charge on any atom is 0.235 e. The smallest absolute Gasteiger partial charge is 0.235 e. The number of rotatable bonds is 6. The van der Waals surface area contributed by atoms with Gasteiger partial charge in [-0.05, 0) is 36.0 Å². The fraction of sp³-hybridized carbons (Fsp3) is 0.429. The standard InChI is InChI=1S/C21H24FN3O/c1-26-21-20(23-8-9-24-21)13-19-16(6-10-25-11-7-17(22)14-25)12-15-4-2-3-5-18(15)19/h2-5,8-9,17H,6-7,10-14H2,1H3. The Hall–Kier alpha value is -2.27. The molecular formula is C21H24FN3O. The van der Waals surface area contributed by atoms with Crippen LogP contribution in [-0.2, 0) is 12.8 Å². The number of alkyl halides is 1. The average Bonchev–Trinajstić information content (AvgIpc) is 3.24. The Balaban J connectivity index is 1.59. The van der Waals surface area contributed by atoms with Gasteiger partial charge in [-0.15, -0.1) is 0 Å². The molecule has 0 spiro atoms. The predicted molar refractivity (Wildman–Crippen MR) is 99.9 cm³/mol. The Morgan fingerprint density at radius 1 is 1.23 bits per heavy atom. The van der Waals surface area contributed by atoms with Crippen molar-refractivity contribution in [2.24, 2.45) is 0 Å². The number of hydrogen-bond acceptors (Lipinski definition) is 4. The lowest BCUT2D eigenvalue weighted by molar-refractivity contribution is 0.290. The van der Waals surface area contributed by atoms with Gasteiger partial charge in [0.2, 0.25) is 5.88 Å². The Kier molecular flexibility index (Phi) is 4.98. The van der Waals surface area contributed by atoms with Gasteiger partial charge < -0.3 is 9.64 Å². The maximum atomic E-state index is 13.5. The van der Waals surface area contributed by atoms with Gasteiger partial charge >= 0.3 is 0 Å². The van der Waals surface area contributed by atoms with E-state index in [-0.39, 0.29) is 0 Å². The zero-order valence-corrected chi connectivity index (χ0v) is 15.1. The molecule has 0 radical (unpaired) electrons. The second kappa shape index (κ2) is 7.54. The minimum Gasteiger partial charge on any atom is -0.480 e. The van der Waals surface area contributed by atoms with E-state index >= 15 is 0 Å². The molecule has 1 aliphatic heterocycles. The number of methoxy groups -OCH3 is 1. The summed E-state index contributed by atoms with van der Waals surface area (Å²) in [6.07, 6.45) is 6.04. The minimum absolute atomic E-state index is 0.577. The van der Waals surface area contributed by atoms with Gasteiger partial charge in [-0.2, -0.15) is 0 Å². The molecule has 0 amide bonds. The van der Waals surface area contributed by atoms with E-state index in [1.54, 1.807) is 19.5 Å². The van der Waals surface area contributed by atoms with Crippen LogP contribution < -0.4 is 4.74 Å². The zero-order chi connectivity index (χ0) is 17.9. The van der Waals surface area contributed by atoms with Crippen LogP contribution in [0.1, 0.15) is 29.7 Å². The van der Waals surface area contributed by atoms with Crippen molar-refractivity contribution >= 4 is 5.57 Å². The van der Waals surface area contributed by atoms with Crippen molar-refractivity contribution in [2.75, 3.05) is 26.7 Å². The van der Waals surface area contributed by atoms with Gasteiger partial charge in [0, 0.05) is 38.4 Å². The molecule has 2 aliphatic rings. The average molecular weight is 353 g/mol. The van der Waals surface area contributed by atoms with Crippen molar-refractivity contribution in [1.82, 2.24) is 14.9 Å². The van der Waals surface area contributed by atoms with E-state index in [0.29, 0.717) is 18.8 Å². The molecule has 4 nitrogen and oxygen atoms in total. The van der Waals surface area contributed by atoms with Crippen LogP contribution in [0.4, 0.5) is 4.39 Å². The van der Waals surface area contributed by atoms with Gasteiger partial charge in [-0.3, -0.25) is 4.98 Å². The molecule has 1 saturated heterocycles. The van der Waals surface area contributed by atoms with Crippen LogP contribution in [0.25, 0.3) is 5.57 Å². The number of ether oxygens (including phenoxy) is 1. The van der Waals surface area contributed by atoms with Gasteiger partial charge in [-0.1, -0.05) is 29.8 Å². The van der Waals surface area contributed by atoms with E-state index < -0.39 is 6.17 Å². The molecule has 2 heterocycles. The fourth-order valence-electron chi connectivity index (χ4n) is 4.05. The number of nitrogens with zero attached hydrogens (tertiary/aromatic N) is 3. The van der Waals surface area contributed by atoms with Crippen molar-refractivity contribution in [3.05, 3.63) is 59.1 Å². The summed E-state index contributed by atoms with van der Waals surface area (Å²) < 4.78 is 18.8. The maximum absolute atomic E-state index is 13.5. The number of benzene rings is 1. The number of aromatic nitrogens is 2. The number of halogens is 1. The van der Waals surface area contributed by atoms with Gasteiger partial charge in [0.15, 0.2) is 0 Å². The van der Waals surface area contributed by atoms with E-state index in [4.69, 9.17) is 4.74 Å². The summed E-state index contributed by atoms with van der Waals surface area (Å²) in [6, 6.07) is 8.57. The highest BCUT2D eigenvalue weighted by molar-refractivity contribution is 5.77. The summed E-state index contributed by atoms with van der Waals surface area (Å²) in [5, 5.41) is 0. The molecule has 1 unspecified atom stereocenters. The molecule has 1 fully saturated rings. The van der Waals surface area contributed by atoms with Crippen molar-refractivity contribution in [3.63, 3.8) is 0 Å². The first-order chi connectivity index (χ1) is 12.7. The van der Waals surface area contributed by atoms with Crippen LogP contribution >= 0.6 is 0 Å². The summed E-state index contributed by atoms with van der Waals surface area (Å²) in [6.45, 7) is 2.37. The molecule has 0 bridgehead atoms. The van der Waals surface area contributed by atoms with Crippen molar-refractivity contribution < 1.29 is 9.13 Å². The van der Waals surface area contributed by atoms with Gasteiger partial charge in [0.05, 0.1) is 7.11 Å². The summed E-state index contributed by atoms with van der Waals surface area (Å²) in [5.74, 6) is 0.587. The second-order valence-corrected chi connectivity index (χ2v) is 7.04. The molecule has 1 aliphatic carbocycles. The molecule has 0 saturated carbocycles. The van der Waals surface area contributed by atoms with Crippen molar-refractivity contribution in [1.29, 1.82) is 0 Å². The molecule has 26 heavy (non-hydrogen) atoms. The van der Waals surface area contributed by atoms with E-state index in [1.165, 1.54) is 22.3 Å². The van der Waals surface area contributed by atoms with E-state index in [9.17, 15) is 4.39 Å². The molecule has 0 N–H and O–H groups in total. The first-order valence-corrected chi connectivity index (χ1v) is 9.24. The van der Waals surface area contributed by atoms with Crippen LogP contribution in [-0.4, -0.2) is 47.8 Å². The molecule has 1 aromatic carbocycles. The molecule has 1 atom stereocenters. The van der Waals surface area contributed by atoms with E-state index in [0.717, 1.165) is 38.0 Å². The normalized spacial score (nSPS) is 19.8. The van der Waals surface area contributed by atoms with Crippen molar-refractivity contribution in [3.8, 4) is 5.88 Å². The largest absolute Gasteiger partial charge is 0.480 e. The fourth-order valence-corrected chi connectivity index (χ4v) is 4.05. The monoisotopic (exact) mass is 353 g/mol. The summed E-state index contributed by atoms with van der Waals surface area (Å²) in [7, 11) is 1.63. The summed E-state index contributed by atoms with van der Waals surface area (Å²) in [4.78, 5) is 11.0. The molecule has 136 valence electrons. The lowest BCUT2D eigenvalue weighted by atomic mass is 9.99. The number of fused-ring (bicyclic) bond motifs is 1. The quantitative estimate of drug-likeness (QED) is 0.797. The second-order valence-electron chi connectivity index (χ2n) is 7.04. The Morgan fingerprint density at radius 2 is 2.08 bits per heavy atom. The van der Waals surface area contributed by atoms with Crippen molar-refractivity contribution in [2.45, 2.75) is 31.9 Å². The minimum atomic E-state index is -0.659. The third-order valence-corrected chi connectivity index (χ3v) is 5.39. The molecule has 4 rings (SSSR count). The molecular weight excluding hydrogens is 329 g/mol. The molecule has 2 aromatic rings. The lowest BCUT2D eigenvalue weighted by Crippen LogP contribution is -2.22. The number of hydrogen-bond donors (Lipinski definition) is 0. The highest BCUT2D eigenvalue weighted by Gasteiger charge is 2.25. The van der Waals surface area contributed by atoms with Crippen LogP contribution in [0.2, 0.25) is 0 Å². The Bertz CT molecular complexity index is 820. The predicted octanol–water partition coefficient (Wildman–Crippen LogP) is 3.47. The van der Waals surface area contributed by atoms with E-state index in [2.05, 4.69) is 39.1 Å².